The van der Waals surface area contributed by atoms with Crippen LogP contribution < -0.4 is 16.0 Å². The highest BCUT2D eigenvalue weighted by atomic mass is 35.5. The number of halogens is 2. The minimum atomic E-state index is -0.461. The van der Waals surface area contributed by atoms with Crippen LogP contribution in [0, 0.1) is 0 Å². The van der Waals surface area contributed by atoms with Crippen LogP contribution in [-0.2, 0) is 9.59 Å². The molecule has 0 saturated carbocycles. The van der Waals surface area contributed by atoms with Crippen molar-refractivity contribution in [1.29, 1.82) is 0 Å². The second-order valence-electron chi connectivity index (χ2n) is 3.86. The minimum Gasteiger partial charge on any atom is -0.358 e. The molecule has 0 radical (unpaired) electrons. The van der Waals surface area contributed by atoms with Crippen molar-refractivity contribution in [2.24, 2.45) is 0 Å². The van der Waals surface area contributed by atoms with E-state index < -0.39 is 6.04 Å². The molecule has 2 amide bonds. The molecule has 5 nitrogen and oxygen atoms in total. The van der Waals surface area contributed by atoms with Gasteiger partial charge < -0.3 is 10.6 Å². The van der Waals surface area contributed by atoms with E-state index >= 15 is 0 Å². The van der Waals surface area contributed by atoms with Crippen LogP contribution in [-0.4, -0.2) is 31.4 Å². The van der Waals surface area contributed by atoms with Gasteiger partial charge in [0.25, 0.3) is 0 Å². The Morgan fingerprint density at radius 2 is 1.84 bits per heavy atom. The molecule has 0 bridgehead atoms. The third-order valence-electron chi connectivity index (χ3n) is 2.44. The predicted molar refractivity (Wildman–Crippen MR) is 76.6 cm³/mol. The number of benzene rings is 1. The highest BCUT2D eigenvalue weighted by Crippen LogP contribution is 2.29. The second kappa shape index (κ2) is 7.33. The van der Waals surface area contributed by atoms with Gasteiger partial charge in [-0.05, 0) is 19.1 Å². The van der Waals surface area contributed by atoms with E-state index in [9.17, 15) is 9.59 Å². The third-order valence-corrected chi connectivity index (χ3v) is 3.07. The number of carbonyl (C=O) groups excluding carboxylic acids is 2. The zero-order valence-corrected chi connectivity index (χ0v) is 12.1. The van der Waals surface area contributed by atoms with Crippen LogP contribution in [0.2, 0.25) is 10.0 Å². The van der Waals surface area contributed by atoms with Gasteiger partial charge in [0.15, 0.2) is 0 Å². The summed E-state index contributed by atoms with van der Waals surface area (Å²) in [6, 6.07) is 4.48. The lowest BCUT2D eigenvalue weighted by atomic mass is 10.3. The van der Waals surface area contributed by atoms with E-state index in [-0.39, 0.29) is 18.4 Å². The Balaban J connectivity index is 2.54. The summed E-state index contributed by atoms with van der Waals surface area (Å²) >= 11 is 11.9. The molecule has 0 spiro atoms. The quantitative estimate of drug-likeness (QED) is 0.775. The zero-order valence-electron chi connectivity index (χ0n) is 10.6. The fraction of sp³-hybridized carbons (Fsp3) is 0.333. The van der Waals surface area contributed by atoms with E-state index in [0.717, 1.165) is 0 Å². The maximum atomic E-state index is 11.7. The lowest BCUT2D eigenvalue weighted by Crippen LogP contribution is -2.43. The third kappa shape index (κ3) is 4.70. The van der Waals surface area contributed by atoms with Crippen molar-refractivity contribution >= 4 is 40.7 Å². The van der Waals surface area contributed by atoms with Gasteiger partial charge in [0.1, 0.15) is 0 Å². The normalized spacial score (nSPS) is 11.8. The Bertz CT molecular complexity index is 460. The lowest BCUT2D eigenvalue weighted by Gasteiger charge is -2.13. The topological polar surface area (TPSA) is 70.2 Å². The van der Waals surface area contributed by atoms with Crippen LogP contribution in [0.25, 0.3) is 0 Å². The SMILES string of the molecule is CNC(=O)C(C)NCC(=O)Nc1c(Cl)cccc1Cl. The number of para-hydroxylation sites is 1. The number of carbonyl (C=O) groups is 2. The summed E-state index contributed by atoms with van der Waals surface area (Å²) in [5.74, 6) is -0.519. The summed E-state index contributed by atoms with van der Waals surface area (Å²) < 4.78 is 0. The molecule has 7 heteroatoms. The van der Waals surface area contributed by atoms with E-state index in [1.807, 2.05) is 0 Å². The number of nitrogens with one attached hydrogen (secondary N) is 3. The highest BCUT2D eigenvalue weighted by molar-refractivity contribution is 6.39. The molecule has 0 aromatic heterocycles. The summed E-state index contributed by atoms with van der Waals surface area (Å²) in [5, 5.41) is 8.58. The van der Waals surface area contributed by atoms with Crippen LogP contribution in [0.5, 0.6) is 0 Å². The molecular formula is C12H15Cl2N3O2. The summed E-state index contributed by atoms with van der Waals surface area (Å²) in [4.78, 5) is 23.0. The molecule has 1 atom stereocenters. The molecule has 1 rings (SSSR count). The van der Waals surface area contributed by atoms with Crippen molar-refractivity contribution < 1.29 is 9.59 Å². The van der Waals surface area contributed by atoms with Crippen molar-refractivity contribution in [2.75, 3.05) is 18.9 Å². The van der Waals surface area contributed by atoms with Crippen molar-refractivity contribution in [2.45, 2.75) is 13.0 Å². The Kier molecular flexibility index (Phi) is 6.08. The van der Waals surface area contributed by atoms with Crippen molar-refractivity contribution in [3.05, 3.63) is 28.2 Å². The van der Waals surface area contributed by atoms with Gasteiger partial charge in [-0.15, -0.1) is 0 Å². The van der Waals surface area contributed by atoms with Gasteiger partial charge in [-0.1, -0.05) is 29.3 Å². The first kappa shape index (κ1) is 15.8. The molecule has 0 aliphatic carbocycles. The molecular weight excluding hydrogens is 289 g/mol. The van der Waals surface area contributed by atoms with E-state index in [0.29, 0.717) is 15.7 Å². The maximum Gasteiger partial charge on any atom is 0.238 e. The molecule has 104 valence electrons. The van der Waals surface area contributed by atoms with Crippen LogP contribution in [0.1, 0.15) is 6.92 Å². The van der Waals surface area contributed by atoms with E-state index in [1.165, 1.54) is 7.05 Å². The first-order valence-electron chi connectivity index (χ1n) is 5.64. The Hall–Kier alpha value is -1.30. The summed E-state index contributed by atoms with van der Waals surface area (Å²) in [5.41, 5.74) is 0.366. The van der Waals surface area contributed by atoms with Crippen LogP contribution in [0.15, 0.2) is 18.2 Å². The highest BCUT2D eigenvalue weighted by Gasteiger charge is 2.13. The molecule has 0 heterocycles. The number of hydrogen-bond acceptors (Lipinski definition) is 3. The molecule has 0 aliphatic heterocycles. The van der Waals surface area contributed by atoms with Gasteiger partial charge in [-0.25, -0.2) is 0 Å². The van der Waals surface area contributed by atoms with Crippen molar-refractivity contribution in [3.63, 3.8) is 0 Å². The number of anilines is 1. The van der Waals surface area contributed by atoms with Crippen LogP contribution >= 0.6 is 23.2 Å². The van der Waals surface area contributed by atoms with Crippen molar-refractivity contribution in [3.8, 4) is 0 Å². The molecule has 0 fully saturated rings. The molecule has 1 aromatic rings. The van der Waals surface area contributed by atoms with Gasteiger partial charge in [0.05, 0.1) is 28.3 Å². The number of amides is 2. The smallest absolute Gasteiger partial charge is 0.238 e. The predicted octanol–water partition coefficient (Wildman–Crippen LogP) is 1.66. The van der Waals surface area contributed by atoms with Crippen LogP contribution in [0.3, 0.4) is 0 Å². The van der Waals surface area contributed by atoms with Gasteiger partial charge in [-0.3, -0.25) is 14.9 Å². The molecule has 0 aliphatic rings. The first-order chi connectivity index (χ1) is 8.95. The van der Waals surface area contributed by atoms with Gasteiger partial charge >= 0.3 is 0 Å². The zero-order chi connectivity index (χ0) is 14.4. The van der Waals surface area contributed by atoms with E-state index in [4.69, 9.17) is 23.2 Å². The number of likely N-dealkylation sites (N-methyl/N-ethyl adjacent to an activating group) is 1. The van der Waals surface area contributed by atoms with Crippen LogP contribution in [0.4, 0.5) is 5.69 Å². The average molecular weight is 304 g/mol. The van der Waals surface area contributed by atoms with Gasteiger partial charge in [-0.2, -0.15) is 0 Å². The molecule has 0 saturated heterocycles. The average Bonchev–Trinajstić information content (AvgIpc) is 2.39. The summed E-state index contributed by atoms with van der Waals surface area (Å²) in [7, 11) is 1.53. The van der Waals surface area contributed by atoms with Crippen molar-refractivity contribution in [1.82, 2.24) is 10.6 Å². The second-order valence-corrected chi connectivity index (χ2v) is 4.68. The summed E-state index contributed by atoms with van der Waals surface area (Å²) in [6.07, 6.45) is 0. The molecule has 19 heavy (non-hydrogen) atoms. The Labute approximate surface area is 121 Å². The lowest BCUT2D eigenvalue weighted by molar-refractivity contribution is -0.122. The summed E-state index contributed by atoms with van der Waals surface area (Å²) in [6.45, 7) is 1.64. The minimum absolute atomic E-state index is 0.0177. The largest absolute Gasteiger partial charge is 0.358 e. The molecule has 3 N–H and O–H groups in total. The van der Waals surface area contributed by atoms with E-state index in [2.05, 4.69) is 16.0 Å². The standard InChI is InChI=1S/C12H15Cl2N3O2/c1-7(12(19)15-2)16-6-10(18)17-11-8(13)4-3-5-9(11)14/h3-5,7,16H,6H2,1-2H3,(H,15,19)(H,17,18). The van der Waals surface area contributed by atoms with E-state index in [1.54, 1.807) is 25.1 Å². The number of hydrogen-bond donors (Lipinski definition) is 3. The fourth-order valence-corrected chi connectivity index (χ4v) is 1.85. The van der Waals surface area contributed by atoms with Gasteiger partial charge in [0, 0.05) is 7.05 Å². The molecule has 1 unspecified atom stereocenters. The van der Waals surface area contributed by atoms with Gasteiger partial charge in [0.2, 0.25) is 11.8 Å². The fourth-order valence-electron chi connectivity index (χ4n) is 1.36. The number of rotatable bonds is 5. The first-order valence-corrected chi connectivity index (χ1v) is 6.40. The molecule has 1 aromatic carbocycles. The maximum absolute atomic E-state index is 11.7. The monoisotopic (exact) mass is 303 g/mol. The Morgan fingerprint density at radius 1 is 1.26 bits per heavy atom. The Morgan fingerprint density at radius 3 is 2.37 bits per heavy atom.